The Morgan fingerprint density at radius 1 is 1.10 bits per heavy atom. The van der Waals surface area contributed by atoms with Crippen molar-refractivity contribution in [3.05, 3.63) is 62.8 Å². The van der Waals surface area contributed by atoms with E-state index in [0.717, 1.165) is 25.9 Å². The van der Waals surface area contributed by atoms with Crippen LogP contribution >= 0.6 is 22.9 Å². The summed E-state index contributed by atoms with van der Waals surface area (Å²) in [6.45, 7) is 2.03. The van der Waals surface area contributed by atoms with Crippen molar-refractivity contribution in [1.82, 2.24) is 10.2 Å². The molecule has 0 spiro atoms. The highest BCUT2D eigenvalue weighted by atomic mass is 35.5. The molecule has 2 amide bonds. The number of rotatable bonds is 4. The summed E-state index contributed by atoms with van der Waals surface area (Å²) in [5.74, 6) is -0.308. The van der Waals surface area contributed by atoms with Crippen LogP contribution in [0.25, 0.3) is 0 Å². The molecule has 1 aromatic heterocycles. The third-order valence-electron chi connectivity index (χ3n) is 5.47. The van der Waals surface area contributed by atoms with E-state index in [1.54, 1.807) is 12.1 Å². The van der Waals surface area contributed by atoms with Gasteiger partial charge in [-0.15, -0.1) is 11.3 Å². The lowest BCUT2D eigenvalue weighted by atomic mass is 10.0. The SMILES string of the molecule is CN1CCc2ccc(NC(=O)OC3(NC(=O)c4ccc(Cl)s4)CC=CC3)cc2CC1. The number of hydrogen-bond donors (Lipinski definition) is 2. The molecular weight excluding hydrogens is 422 g/mol. The minimum Gasteiger partial charge on any atom is -0.422 e. The van der Waals surface area contributed by atoms with E-state index in [1.165, 1.54) is 22.5 Å². The second-order valence-corrected chi connectivity index (χ2v) is 9.45. The Balaban J connectivity index is 1.42. The van der Waals surface area contributed by atoms with Crippen molar-refractivity contribution in [3.63, 3.8) is 0 Å². The van der Waals surface area contributed by atoms with Crippen molar-refractivity contribution < 1.29 is 14.3 Å². The molecule has 0 atom stereocenters. The Hall–Kier alpha value is -2.35. The maximum atomic E-state index is 12.6. The molecule has 30 heavy (non-hydrogen) atoms. The van der Waals surface area contributed by atoms with Crippen LogP contribution in [0.3, 0.4) is 0 Å². The molecule has 0 saturated carbocycles. The number of carbonyl (C=O) groups is 2. The molecule has 8 heteroatoms. The molecule has 1 aliphatic carbocycles. The summed E-state index contributed by atoms with van der Waals surface area (Å²) < 4.78 is 6.24. The molecule has 6 nitrogen and oxygen atoms in total. The number of carbonyl (C=O) groups excluding carboxylic acids is 2. The molecule has 2 aromatic rings. The van der Waals surface area contributed by atoms with Gasteiger partial charge in [0.15, 0.2) is 5.72 Å². The molecular formula is C22H24ClN3O3S. The van der Waals surface area contributed by atoms with Gasteiger partial charge in [0.2, 0.25) is 0 Å². The van der Waals surface area contributed by atoms with Crippen LogP contribution in [0.1, 0.15) is 33.6 Å². The van der Waals surface area contributed by atoms with Gasteiger partial charge in [0, 0.05) is 31.6 Å². The van der Waals surface area contributed by atoms with Crippen molar-refractivity contribution in [2.45, 2.75) is 31.4 Å². The van der Waals surface area contributed by atoms with Crippen LogP contribution < -0.4 is 10.6 Å². The van der Waals surface area contributed by atoms with E-state index in [0.29, 0.717) is 27.7 Å². The highest BCUT2D eigenvalue weighted by molar-refractivity contribution is 7.18. The van der Waals surface area contributed by atoms with Crippen molar-refractivity contribution in [1.29, 1.82) is 0 Å². The zero-order chi connectivity index (χ0) is 21.1. The fourth-order valence-corrected chi connectivity index (χ4v) is 4.72. The average molecular weight is 446 g/mol. The predicted octanol–water partition coefficient (Wildman–Crippen LogP) is 4.46. The van der Waals surface area contributed by atoms with Gasteiger partial charge in [-0.2, -0.15) is 0 Å². The van der Waals surface area contributed by atoms with Crippen LogP contribution in [0.2, 0.25) is 4.34 Å². The number of thiophene rings is 1. The van der Waals surface area contributed by atoms with E-state index in [2.05, 4.69) is 28.6 Å². The summed E-state index contributed by atoms with van der Waals surface area (Å²) in [7, 11) is 2.12. The zero-order valence-corrected chi connectivity index (χ0v) is 18.3. The second kappa shape index (κ2) is 8.79. The number of benzene rings is 1. The Labute approximate surface area is 184 Å². The fraction of sp³-hybridized carbons (Fsp3) is 0.364. The third-order valence-corrected chi connectivity index (χ3v) is 6.70. The second-order valence-electron chi connectivity index (χ2n) is 7.73. The first-order valence-electron chi connectivity index (χ1n) is 9.96. The number of ether oxygens (including phenoxy) is 1. The van der Waals surface area contributed by atoms with E-state index < -0.39 is 11.8 Å². The Bertz CT molecular complexity index is 980. The van der Waals surface area contributed by atoms with E-state index in [9.17, 15) is 9.59 Å². The minimum atomic E-state index is -1.09. The number of anilines is 1. The van der Waals surface area contributed by atoms with Gasteiger partial charge in [-0.1, -0.05) is 29.8 Å². The molecule has 0 bridgehead atoms. The van der Waals surface area contributed by atoms with Crippen LogP contribution in [0.15, 0.2) is 42.5 Å². The normalized spacial score (nSPS) is 17.8. The van der Waals surface area contributed by atoms with Crippen molar-refractivity contribution in [3.8, 4) is 0 Å². The summed E-state index contributed by atoms with van der Waals surface area (Å²) >= 11 is 7.11. The first-order valence-corrected chi connectivity index (χ1v) is 11.2. The summed E-state index contributed by atoms with van der Waals surface area (Å²) in [5, 5.41) is 5.68. The standard InChI is InChI=1S/C22H24ClN3O3S/c1-26-12-8-15-4-5-17(14-16(15)9-13-26)24-21(28)29-22(10-2-3-11-22)25-20(27)18-6-7-19(23)30-18/h2-7,14H,8-13H2,1H3,(H,24,28)(H,25,27). The molecule has 0 saturated heterocycles. The highest BCUT2D eigenvalue weighted by Gasteiger charge is 2.37. The van der Waals surface area contributed by atoms with Crippen molar-refractivity contribution in [2.75, 3.05) is 25.5 Å². The van der Waals surface area contributed by atoms with E-state index >= 15 is 0 Å². The number of halogens is 1. The molecule has 2 N–H and O–H groups in total. The molecule has 1 aliphatic heterocycles. The Morgan fingerprint density at radius 3 is 2.53 bits per heavy atom. The number of fused-ring (bicyclic) bond motifs is 1. The monoisotopic (exact) mass is 445 g/mol. The maximum absolute atomic E-state index is 12.6. The van der Waals surface area contributed by atoms with Crippen LogP contribution in [-0.4, -0.2) is 42.8 Å². The summed E-state index contributed by atoms with van der Waals surface area (Å²) in [6.07, 6.45) is 5.99. The van der Waals surface area contributed by atoms with Gasteiger partial charge in [0.1, 0.15) is 0 Å². The number of likely N-dealkylation sites (N-methyl/N-ethyl adjacent to an activating group) is 1. The summed E-state index contributed by atoms with van der Waals surface area (Å²) in [5.41, 5.74) is 2.17. The first-order chi connectivity index (χ1) is 14.4. The first kappa shape index (κ1) is 20.9. The van der Waals surface area contributed by atoms with Gasteiger partial charge in [-0.3, -0.25) is 10.1 Å². The fourth-order valence-electron chi connectivity index (χ4n) is 3.78. The molecule has 2 heterocycles. The van der Waals surface area contributed by atoms with Gasteiger partial charge in [0.25, 0.3) is 5.91 Å². The van der Waals surface area contributed by atoms with Gasteiger partial charge in [-0.25, -0.2) is 4.79 Å². The van der Waals surface area contributed by atoms with Crippen molar-refractivity contribution >= 4 is 40.6 Å². The lowest BCUT2D eigenvalue weighted by Crippen LogP contribution is -2.50. The largest absolute Gasteiger partial charge is 0.422 e. The summed E-state index contributed by atoms with van der Waals surface area (Å²) in [4.78, 5) is 28.0. The molecule has 158 valence electrons. The predicted molar refractivity (Wildman–Crippen MR) is 119 cm³/mol. The van der Waals surface area contributed by atoms with Crippen LogP contribution in [-0.2, 0) is 17.6 Å². The number of nitrogens with one attached hydrogen (secondary N) is 2. The average Bonchev–Trinajstić information content (AvgIpc) is 3.30. The van der Waals surface area contributed by atoms with Gasteiger partial charge < -0.3 is 15.0 Å². The van der Waals surface area contributed by atoms with Gasteiger partial charge in [-0.05, 0) is 55.3 Å². The molecule has 0 unspecified atom stereocenters. The van der Waals surface area contributed by atoms with Crippen molar-refractivity contribution in [2.24, 2.45) is 0 Å². The lowest BCUT2D eigenvalue weighted by molar-refractivity contribution is 0.00429. The van der Waals surface area contributed by atoms with Crippen LogP contribution in [0.4, 0.5) is 10.5 Å². The Morgan fingerprint density at radius 2 is 1.83 bits per heavy atom. The summed E-state index contributed by atoms with van der Waals surface area (Å²) in [6, 6.07) is 9.31. The third kappa shape index (κ3) is 4.86. The molecule has 0 radical (unpaired) electrons. The quantitative estimate of drug-likeness (QED) is 0.538. The molecule has 4 rings (SSSR count). The molecule has 1 aromatic carbocycles. The lowest BCUT2D eigenvalue weighted by Gasteiger charge is -2.30. The van der Waals surface area contributed by atoms with Crippen LogP contribution in [0.5, 0.6) is 0 Å². The van der Waals surface area contributed by atoms with E-state index in [-0.39, 0.29) is 5.91 Å². The minimum absolute atomic E-state index is 0.308. The smallest absolute Gasteiger partial charge is 0.413 e. The van der Waals surface area contributed by atoms with E-state index in [4.69, 9.17) is 16.3 Å². The number of hydrogen-bond acceptors (Lipinski definition) is 5. The maximum Gasteiger partial charge on any atom is 0.413 e. The molecule has 2 aliphatic rings. The van der Waals surface area contributed by atoms with Gasteiger partial charge in [0.05, 0.1) is 9.21 Å². The number of amides is 2. The number of nitrogens with zero attached hydrogens (tertiary/aromatic N) is 1. The highest BCUT2D eigenvalue weighted by Crippen LogP contribution is 2.28. The van der Waals surface area contributed by atoms with E-state index in [1.807, 2.05) is 24.3 Å². The molecule has 0 fully saturated rings. The zero-order valence-electron chi connectivity index (χ0n) is 16.7. The van der Waals surface area contributed by atoms with Crippen LogP contribution in [0, 0.1) is 0 Å². The topological polar surface area (TPSA) is 70.7 Å². The Kier molecular flexibility index (Phi) is 6.13. The van der Waals surface area contributed by atoms with Gasteiger partial charge >= 0.3 is 6.09 Å².